The van der Waals surface area contributed by atoms with Crippen LogP contribution in [-0.4, -0.2) is 17.1 Å². The monoisotopic (exact) mass is 345 g/mol. The second kappa shape index (κ2) is 7.52. The summed E-state index contributed by atoms with van der Waals surface area (Å²) in [5.41, 5.74) is 2.50. The van der Waals surface area contributed by atoms with Crippen molar-refractivity contribution in [3.63, 3.8) is 0 Å². The van der Waals surface area contributed by atoms with Gasteiger partial charge in [-0.1, -0.05) is 78.9 Å². The van der Waals surface area contributed by atoms with Gasteiger partial charge in [0.15, 0.2) is 6.10 Å². The summed E-state index contributed by atoms with van der Waals surface area (Å²) in [4.78, 5) is 19.0. The summed E-state index contributed by atoms with van der Waals surface area (Å²) in [6, 6.07) is 19.3. The first-order valence-corrected chi connectivity index (χ1v) is 8.59. The normalized spacial score (nSPS) is 21.9. The van der Waals surface area contributed by atoms with Gasteiger partial charge in [-0.25, -0.2) is 0 Å². The second-order valence-corrected chi connectivity index (χ2v) is 6.10. The molecular formula is C22H19NO3. The molecule has 1 saturated heterocycles. The van der Waals surface area contributed by atoms with Gasteiger partial charge < -0.3 is 4.74 Å². The van der Waals surface area contributed by atoms with Crippen molar-refractivity contribution in [1.82, 2.24) is 5.06 Å². The van der Waals surface area contributed by atoms with Crippen LogP contribution in [0.3, 0.4) is 0 Å². The maximum Gasteiger partial charge on any atom is 0.284 e. The molecule has 2 aliphatic rings. The van der Waals surface area contributed by atoms with Crippen molar-refractivity contribution in [2.75, 3.05) is 0 Å². The maximum atomic E-state index is 13.1. The summed E-state index contributed by atoms with van der Waals surface area (Å²) in [5.74, 6) is -0.224. The van der Waals surface area contributed by atoms with Gasteiger partial charge in [-0.05, 0) is 23.3 Å². The number of benzene rings is 2. The minimum absolute atomic E-state index is 0.224. The molecule has 0 saturated carbocycles. The molecule has 1 amide bonds. The van der Waals surface area contributed by atoms with Gasteiger partial charge in [0.1, 0.15) is 12.7 Å². The number of allylic oxidation sites excluding steroid dienone is 4. The van der Waals surface area contributed by atoms with E-state index in [2.05, 4.69) is 0 Å². The quantitative estimate of drug-likeness (QED) is 0.837. The first-order chi connectivity index (χ1) is 12.8. The molecule has 4 nitrogen and oxygen atoms in total. The molecule has 1 aliphatic heterocycles. The zero-order valence-corrected chi connectivity index (χ0v) is 14.2. The Morgan fingerprint density at radius 3 is 2.42 bits per heavy atom. The molecule has 1 fully saturated rings. The third-order valence-electron chi connectivity index (χ3n) is 4.31. The molecule has 130 valence electrons. The predicted octanol–water partition coefficient (Wildman–Crippen LogP) is 4.10. The SMILES string of the molecule is O=C1[C@@H](c2ccccc2)O[C@H]2C=CC=CC=C2N1OCc1ccccc1. The van der Waals surface area contributed by atoms with Gasteiger partial charge in [0.05, 0.1) is 5.70 Å². The van der Waals surface area contributed by atoms with Gasteiger partial charge in [0.2, 0.25) is 0 Å². The Morgan fingerprint density at radius 2 is 1.65 bits per heavy atom. The molecule has 0 radical (unpaired) electrons. The van der Waals surface area contributed by atoms with E-state index >= 15 is 0 Å². The van der Waals surface area contributed by atoms with Crippen molar-refractivity contribution in [1.29, 1.82) is 0 Å². The fourth-order valence-electron chi connectivity index (χ4n) is 3.01. The van der Waals surface area contributed by atoms with E-state index in [0.29, 0.717) is 12.3 Å². The van der Waals surface area contributed by atoms with Crippen LogP contribution < -0.4 is 0 Å². The van der Waals surface area contributed by atoms with Crippen LogP contribution in [0.25, 0.3) is 0 Å². The number of fused-ring (bicyclic) bond motifs is 1. The Labute approximate surface area is 152 Å². The zero-order valence-electron chi connectivity index (χ0n) is 14.2. The molecule has 0 spiro atoms. The number of nitrogens with zero attached hydrogens (tertiary/aromatic N) is 1. The van der Waals surface area contributed by atoms with Crippen LogP contribution in [0.15, 0.2) is 96.7 Å². The number of hydroxylamine groups is 2. The minimum Gasteiger partial charge on any atom is -0.350 e. The highest BCUT2D eigenvalue weighted by molar-refractivity contribution is 5.84. The average Bonchev–Trinajstić information content (AvgIpc) is 2.94. The molecule has 1 aliphatic carbocycles. The van der Waals surface area contributed by atoms with Crippen molar-refractivity contribution < 1.29 is 14.4 Å². The van der Waals surface area contributed by atoms with Crippen LogP contribution in [0.5, 0.6) is 0 Å². The topological polar surface area (TPSA) is 38.8 Å². The number of morpholine rings is 1. The lowest BCUT2D eigenvalue weighted by Crippen LogP contribution is -2.45. The molecular weight excluding hydrogens is 326 g/mol. The average molecular weight is 345 g/mol. The molecule has 26 heavy (non-hydrogen) atoms. The van der Waals surface area contributed by atoms with Crippen LogP contribution >= 0.6 is 0 Å². The van der Waals surface area contributed by atoms with E-state index in [1.165, 1.54) is 5.06 Å². The second-order valence-electron chi connectivity index (χ2n) is 6.10. The van der Waals surface area contributed by atoms with Gasteiger partial charge in [-0.2, -0.15) is 5.06 Å². The molecule has 4 rings (SSSR count). The highest BCUT2D eigenvalue weighted by Gasteiger charge is 2.40. The zero-order chi connectivity index (χ0) is 17.8. The molecule has 0 unspecified atom stereocenters. The number of hydrogen-bond acceptors (Lipinski definition) is 3. The Hall–Kier alpha value is -2.95. The van der Waals surface area contributed by atoms with Gasteiger partial charge in [-0.3, -0.25) is 9.63 Å². The summed E-state index contributed by atoms with van der Waals surface area (Å²) in [7, 11) is 0. The van der Waals surface area contributed by atoms with E-state index in [1.54, 1.807) is 0 Å². The fourth-order valence-corrected chi connectivity index (χ4v) is 3.01. The van der Waals surface area contributed by atoms with Crippen LogP contribution in [0, 0.1) is 0 Å². The predicted molar refractivity (Wildman–Crippen MR) is 98.5 cm³/mol. The largest absolute Gasteiger partial charge is 0.350 e. The van der Waals surface area contributed by atoms with Crippen LogP contribution in [0.2, 0.25) is 0 Å². The van der Waals surface area contributed by atoms with E-state index in [0.717, 1.165) is 11.1 Å². The maximum absolute atomic E-state index is 13.1. The molecule has 2 aromatic rings. The first kappa shape index (κ1) is 16.5. The van der Waals surface area contributed by atoms with Gasteiger partial charge in [0.25, 0.3) is 5.91 Å². The van der Waals surface area contributed by atoms with E-state index in [1.807, 2.05) is 91.0 Å². The Bertz CT molecular complexity index is 855. The third kappa shape index (κ3) is 3.38. The number of rotatable bonds is 4. The number of hydrogen-bond donors (Lipinski definition) is 0. The molecule has 4 heteroatoms. The summed E-state index contributed by atoms with van der Waals surface area (Å²) < 4.78 is 6.08. The van der Waals surface area contributed by atoms with E-state index in [9.17, 15) is 4.79 Å². The summed E-state index contributed by atoms with van der Waals surface area (Å²) in [6.45, 7) is 0.311. The lowest BCUT2D eigenvalue weighted by atomic mass is 10.0. The molecule has 2 atom stereocenters. The molecule has 0 bridgehead atoms. The minimum atomic E-state index is -0.697. The molecule has 2 aromatic carbocycles. The Kier molecular flexibility index (Phi) is 4.78. The van der Waals surface area contributed by atoms with Crippen LogP contribution in [-0.2, 0) is 21.0 Å². The van der Waals surface area contributed by atoms with Gasteiger partial charge in [-0.15, -0.1) is 0 Å². The Balaban J connectivity index is 1.63. The van der Waals surface area contributed by atoms with Crippen LogP contribution in [0.4, 0.5) is 0 Å². The molecule has 1 heterocycles. The van der Waals surface area contributed by atoms with Crippen molar-refractivity contribution >= 4 is 5.91 Å². The highest BCUT2D eigenvalue weighted by Crippen LogP contribution is 2.34. The van der Waals surface area contributed by atoms with E-state index in [4.69, 9.17) is 9.57 Å². The number of ether oxygens (including phenoxy) is 1. The van der Waals surface area contributed by atoms with Crippen molar-refractivity contribution in [2.24, 2.45) is 0 Å². The lowest BCUT2D eigenvalue weighted by Gasteiger charge is -2.37. The summed E-state index contributed by atoms with van der Waals surface area (Å²) >= 11 is 0. The smallest absolute Gasteiger partial charge is 0.284 e. The highest BCUT2D eigenvalue weighted by atomic mass is 16.7. The lowest BCUT2D eigenvalue weighted by molar-refractivity contribution is -0.211. The van der Waals surface area contributed by atoms with Crippen molar-refractivity contribution in [3.05, 3.63) is 108 Å². The molecule has 0 aromatic heterocycles. The van der Waals surface area contributed by atoms with Crippen molar-refractivity contribution in [3.8, 4) is 0 Å². The summed E-state index contributed by atoms with van der Waals surface area (Å²) in [6.07, 6.45) is 8.45. The number of amides is 1. The fraction of sp³-hybridized carbons (Fsp3) is 0.136. The molecule has 0 N–H and O–H groups in total. The van der Waals surface area contributed by atoms with Gasteiger partial charge in [0, 0.05) is 0 Å². The van der Waals surface area contributed by atoms with Crippen molar-refractivity contribution in [2.45, 2.75) is 18.8 Å². The number of carbonyl (C=O) groups is 1. The Morgan fingerprint density at radius 1 is 0.923 bits per heavy atom. The third-order valence-corrected chi connectivity index (χ3v) is 4.31. The number of carbonyl (C=O) groups excluding carboxylic acids is 1. The van der Waals surface area contributed by atoms with E-state index in [-0.39, 0.29) is 12.0 Å². The van der Waals surface area contributed by atoms with E-state index < -0.39 is 6.10 Å². The van der Waals surface area contributed by atoms with Crippen LogP contribution in [0.1, 0.15) is 17.2 Å². The standard InChI is InChI=1S/C22H19NO3/c24-22-21(18-12-6-2-7-13-18)26-20-15-9-3-8-14-19(20)23(22)25-16-17-10-4-1-5-11-17/h1-15,20-21H,16H2/t20-,21+/m0/s1. The summed E-state index contributed by atoms with van der Waals surface area (Å²) in [5, 5.41) is 1.39. The van der Waals surface area contributed by atoms with Gasteiger partial charge >= 0.3 is 0 Å². The first-order valence-electron chi connectivity index (χ1n) is 8.59.